The maximum absolute atomic E-state index is 13.7. The molecule has 1 N–H and O–H groups in total. The summed E-state index contributed by atoms with van der Waals surface area (Å²) in [4.78, 5) is 14.3. The molecule has 1 amide bonds. The molecule has 1 aliphatic heterocycles. The monoisotopic (exact) mass is 296 g/mol. The number of nitrogens with one attached hydrogen (secondary N) is 1. The third-order valence-corrected chi connectivity index (χ3v) is 3.87. The fourth-order valence-corrected chi connectivity index (χ4v) is 2.80. The van der Waals surface area contributed by atoms with E-state index < -0.39 is 11.6 Å². The molecule has 116 valence electrons. The molecule has 1 aromatic rings. The van der Waals surface area contributed by atoms with E-state index in [9.17, 15) is 13.6 Å². The zero-order valence-electron chi connectivity index (χ0n) is 12.4. The second-order valence-electron chi connectivity index (χ2n) is 5.48. The van der Waals surface area contributed by atoms with Crippen LogP contribution in [0.3, 0.4) is 0 Å². The number of benzene rings is 1. The van der Waals surface area contributed by atoms with Gasteiger partial charge in [-0.25, -0.2) is 8.78 Å². The summed E-state index contributed by atoms with van der Waals surface area (Å²) >= 11 is 0. The lowest BCUT2D eigenvalue weighted by Gasteiger charge is -2.34. The SMILES string of the molecule is CCCN(C(=O)Cc1cccc(F)c1F)C1CCCNC1. The van der Waals surface area contributed by atoms with E-state index in [-0.39, 0.29) is 23.9 Å². The van der Waals surface area contributed by atoms with Crippen molar-refractivity contribution in [2.24, 2.45) is 0 Å². The Morgan fingerprint density at radius 1 is 1.43 bits per heavy atom. The van der Waals surface area contributed by atoms with Crippen molar-refractivity contribution in [3.63, 3.8) is 0 Å². The number of carbonyl (C=O) groups excluding carboxylic acids is 1. The van der Waals surface area contributed by atoms with E-state index in [1.54, 1.807) is 0 Å². The van der Waals surface area contributed by atoms with Gasteiger partial charge >= 0.3 is 0 Å². The predicted molar refractivity (Wildman–Crippen MR) is 78.0 cm³/mol. The second kappa shape index (κ2) is 7.50. The van der Waals surface area contributed by atoms with Gasteiger partial charge in [0.25, 0.3) is 0 Å². The summed E-state index contributed by atoms with van der Waals surface area (Å²) in [6.07, 6.45) is 2.77. The number of amides is 1. The van der Waals surface area contributed by atoms with E-state index >= 15 is 0 Å². The molecule has 1 aliphatic rings. The number of halogens is 2. The molecule has 1 saturated heterocycles. The van der Waals surface area contributed by atoms with E-state index in [2.05, 4.69) is 5.32 Å². The van der Waals surface area contributed by atoms with Crippen LogP contribution in [-0.4, -0.2) is 36.5 Å². The van der Waals surface area contributed by atoms with Gasteiger partial charge in [0.05, 0.1) is 6.42 Å². The lowest BCUT2D eigenvalue weighted by atomic mass is 10.0. The van der Waals surface area contributed by atoms with Gasteiger partial charge in [-0.05, 0) is 31.9 Å². The maximum atomic E-state index is 13.7. The fraction of sp³-hybridized carbons (Fsp3) is 0.562. The molecular weight excluding hydrogens is 274 g/mol. The second-order valence-corrected chi connectivity index (χ2v) is 5.48. The minimum Gasteiger partial charge on any atom is -0.338 e. The Balaban J connectivity index is 2.09. The summed E-state index contributed by atoms with van der Waals surface area (Å²) in [5, 5.41) is 3.28. The van der Waals surface area contributed by atoms with E-state index in [0.29, 0.717) is 6.54 Å². The van der Waals surface area contributed by atoms with Crippen LogP contribution >= 0.6 is 0 Å². The first-order valence-electron chi connectivity index (χ1n) is 7.56. The van der Waals surface area contributed by atoms with Crippen molar-refractivity contribution in [1.29, 1.82) is 0 Å². The predicted octanol–water partition coefficient (Wildman–Crippen LogP) is 2.50. The third-order valence-electron chi connectivity index (χ3n) is 3.87. The van der Waals surface area contributed by atoms with E-state index in [1.165, 1.54) is 12.1 Å². The summed E-state index contributed by atoms with van der Waals surface area (Å²) in [6, 6.07) is 4.13. The van der Waals surface area contributed by atoms with Crippen molar-refractivity contribution in [3.05, 3.63) is 35.4 Å². The molecule has 0 saturated carbocycles. The maximum Gasteiger partial charge on any atom is 0.227 e. The Bertz CT molecular complexity index is 487. The first-order valence-corrected chi connectivity index (χ1v) is 7.56. The van der Waals surface area contributed by atoms with Crippen LogP contribution in [0.5, 0.6) is 0 Å². The van der Waals surface area contributed by atoms with Gasteiger partial charge in [-0.3, -0.25) is 4.79 Å². The highest BCUT2D eigenvalue weighted by atomic mass is 19.2. The number of hydrogen-bond donors (Lipinski definition) is 1. The molecule has 1 aromatic carbocycles. The summed E-state index contributed by atoms with van der Waals surface area (Å²) in [5.74, 6) is -1.94. The Morgan fingerprint density at radius 3 is 2.90 bits per heavy atom. The van der Waals surface area contributed by atoms with Crippen LogP contribution in [0.1, 0.15) is 31.7 Å². The van der Waals surface area contributed by atoms with Crippen molar-refractivity contribution in [1.82, 2.24) is 10.2 Å². The topological polar surface area (TPSA) is 32.3 Å². The molecule has 0 bridgehead atoms. The van der Waals surface area contributed by atoms with Gasteiger partial charge in [0, 0.05) is 24.7 Å². The quantitative estimate of drug-likeness (QED) is 0.905. The van der Waals surface area contributed by atoms with Gasteiger partial charge in [-0.2, -0.15) is 0 Å². The van der Waals surface area contributed by atoms with Crippen molar-refractivity contribution in [3.8, 4) is 0 Å². The molecular formula is C16H22F2N2O. The molecule has 1 heterocycles. The summed E-state index contributed by atoms with van der Waals surface area (Å²) in [5.41, 5.74) is 0.130. The van der Waals surface area contributed by atoms with Crippen LogP contribution in [0, 0.1) is 11.6 Å². The summed E-state index contributed by atoms with van der Waals surface area (Å²) in [7, 11) is 0. The number of nitrogens with zero attached hydrogens (tertiary/aromatic N) is 1. The number of carbonyl (C=O) groups is 1. The molecule has 0 spiro atoms. The van der Waals surface area contributed by atoms with Gasteiger partial charge in [-0.1, -0.05) is 19.1 Å². The molecule has 3 nitrogen and oxygen atoms in total. The van der Waals surface area contributed by atoms with Crippen LogP contribution in [-0.2, 0) is 11.2 Å². The van der Waals surface area contributed by atoms with E-state index in [4.69, 9.17) is 0 Å². The van der Waals surface area contributed by atoms with Crippen LogP contribution in [0.25, 0.3) is 0 Å². The average Bonchev–Trinajstić information content (AvgIpc) is 2.50. The summed E-state index contributed by atoms with van der Waals surface area (Å²) in [6.45, 7) is 4.42. The third kappa shape index (κ3) is 4.00. The Morgan fingerprint density at radius 2 is 2.24 bits per heavy atom. The standard InChI is InChI=1S/C16H22F2N2O/c1-2-9-20(13-6-4-8-19-11-13)15(21)10-12-5-3-7-14(17)16(12)18/h3,5,7,13,19H,2,4,6,8-11H2,1H3. The minimum atomic E-state index is -0.913. The Hall–Kier alpha value is -1.49. The average molecular weight is 296 g/mol. The molecule has 21 heavy (non-hydrogen) atoms. The summed E-state index contributed by atoms with van der Waals surface area (Å²) < 4.78 is 26.9. The first kappa shape index (κ1) is 15.9. The molecule has 2 rings (SSSR count). The molecule has 1 fully saturated rings. The van der Waals surface area contributed by atoms with Crippen LogP contribution in [0.2, 0.25) is 0 Å². The van der Waals surface area contributed by atoms with Crippen LogP contribution < -0.4 is 5.32 Å². The smallest absolute Gasteiger partial charge is 0.227 e. The Kier molecular flexibility index (Phi) is 5.67. The van der Waals surface area contributed by atoms with Gasteiger partial charge in [-0.15, -0.1) is 0 Å². The number of rotatable bonds is 5. The molecule has 1 unspecified atom stereocenters. The highest BCUT2D eigenvalue weighted by Crippen LogP contribution is 2.16. The molecule has 5 heteroatoms. The largest absolute Gasteiger partial charge is 0.338 e. The van der Waals surface area contributed by atoms with Gasteiger partial charge in [0.2, 0.25) is 5.91 Å². The fourth-order valence-electron chi connectivity index (χ4n) is 2.80. The normalized spacial score (nSPS) is 18.5. The van der Waals surface area contributed by atoms with Crippen molar-refractivity contribution >= 4 is 5.91 Å². The number of piperidine rings is 1. The van der Waals surface area contributed by atoms with Gasteiger partial charge in [0.15, 0.2) is 11.6 Å². The lowest BCUT2D eigenvalue weighted by molar-refractivity contribution is -0.133. The van der Waals surface area contributed by atoms with Crippen molar-refractivity contribution < 1.29 is 13.6 Å². The van der Waals surface area contributed by atoms with Crippen LogP contribution in [0.4, 0.5) is 8.78 Å². The van der Waals surface area contributed by atoms with Gasteiger partial charge < -0.3 is 10.2 Å². The van der Waals surface area contributed by atoms with Crippen molar-refractivity contribution in [2.75, 3.05) is 19.6 Å². The van der Waals surface area contributed by atoms with Gasteiger partial charge in [0.1, 0.15) is 0 Å². The molecule has 0 radical (unpaired) electrons. The Labute approximate surface area is 124 Å². The number of hydrogen-bond acceptors (Lipinski definition) is 2. The van der Waals surface area contributed by atoms with Crippen LogP contribution in [0.15, 0.2) is 18.2 Å². The van der Waals surface area contributed by atoms with E-state index in [0.717, 1.165) is 38.4 Å². The zero-order chi connectivity index (χ0) is 15.2. The minimum absolute atomic E-state index is 0.0832. The molecule has 0 aliphatic carbocycles. The van der Waals surface area contributed by atoms with E-state index in [1.807, 2.05) is 11.8 Å². The molecule has 0 aromatic heterocycles. The lowest BCUT2D eigenvalue weighted by Crippen LogP contribution is -2.49. The van der Waals surface area contributed by atoms with Crippen molar-refractivity contribution in [2.45, 2.75) is 38.6 Å². The highest BCUT2D eigenvalue weighted by molar-refractivity contribution is 5.79. The molecule has 1 atom stereocenters. The first-order chi connectivity index (χ1) is 10.1. The highest BCUT2D eigenvalue weighted by Gasteiger charge is 2.25. The zero-order valence-corrected chi connectivity index (χ0v) is 12.4.